The molecule has 3 heteroatoms. The molecule has 0 aromatic heterocycles. The molecule has 0 aromatic carbocycles. The molecule has 3 unspecified atom stereocenters. The minimum atomic E-state index is -0.575. The Balaban J connectivity index is 1.59. The summed E-state index contributed by atoms with van der Waals surface area (Å²) in [6, 6.07) is 1.06. The molecule has 5 aliphatic rings. The van der Waals surface area contributed by atoms with E-state index in [1.807, 2.05) is 0 Å². The second-order valence-electron chi connectivity index (χ2n) is 7.88. The molecule has 0 spiro atoms. The van der Waals surface area contributed by atoms with Crippen LogP contribution in [-0.2, 0) is 10.8 Å². The summed E-state index contributed by atoms with van der Waals surface area (Å²) in [5, 5.41) is 3.90. The zero-order valence-corrected chi connectivity index (χ0v) is 12.9. The maximum atomic E-state index is 12.2. The van der Waals surface area contributed by atoms with Crippen molar-refractivity contribution in [3.63, 3.8) is 0 Å². The van der Waals surface area contributed by atoms with Crippen LogP contribution in [0.3, 0.4) is 0 Å². The molecule has 2 nitrogen and oxygen atoms in total. The van der Waals surface area contributed by atoms with E-state index >= 15 is 0 Å². The van der Waals surface area contributed by atoms with E-state index in [9.17, 15) is 4.21 Å². The Kier molecular flexibility index (Phi) is 3.07. The van der Waals surface area contributed by atoms with Crippen molar-refractivity contribution in [1.29, 1.82) is 0 Å². The lowest BCUT2D eigenvalue weighted by atomic mass is 9.48. The third kappa shape index (κ3) is 2.12. The molecule has 5 rings (SSSR count). The van der Waals surface area contributed by atoms with Crippen LogP contribution in [0.15, 0.2) is 0 Å². The Labute approximate surface area is 119 Å². The normalized spacial score (nSPS) is 56.5. The van der Waals surface area contributed by atoms with Gasteiger partial charge in [0.25, 0.3) is 0 Å². The third-order valence-corrected chi connectivity index (χ3v) is 7.97. The minimum Gasteiger partial charge on any atom is -0.309 e. The first-order valence-electron chi connectivity index (χ1n) is 8.28. The third-order valence-electron chi connectivity index (χ3n) is 6.49. The Hall–Kier alpha value is 0.110. The van der Waals surface area contributed by atoms with E-state index in [1.165, 1.54) is 38.5 Å². The maximum absolute atomic E-state index is 12.2. The van der Waals surface area contributed by atoms with Crippen LogP contribution in [-0.4, -0.2) is 27.8 Å². The van der Waals surface area contributed by atoms with Crippen LogP contribution < -0.4 is 5.32 Å². The predicted molar refractivity (Wildman–Crippen MR) is 79.5 cm³/mol. The van der Waals surface area contributed by atoms with Gasteiger partial charge in [0.05, 0.1) is 0 Å². The molecule has 3 atom stereocenters. The van der Waals surface area contributed by atoms with Crippen molar-refractivity contribution in [1.82, 2.24) is 5.32 Å². The lowest BCUT2D eigenvalue weighted by Crippen LogP contribution is -2.62. The molecule has 1 saturated heterocycles. The molecule has 1 N–H and O–H groups in total. The summed E-state index contributed by atoms with van der Waals surface area (Å²) < 4.78 is 12.2. The van der Waals surface area contributed by atoms with Crippen molar-refractivity contribution < 1.29 is 4.21 Å². The highest BCUT2D eigenvalue weighted by molar-refractivity contribution is 7.85. The Morgan fingerprint density at radius 1 is 1.05 bits per heavy atom. The van der Waals surface area contributed by atoms with Gasteiger partial charge in [0.1, 0.15) is 0 Å². The highest BCUT2D eigenvalue weighted by Crippen LogP contribution is 2.61. The summed E-state index contributed by atoms with van der Waals surface area (Å²) in [6.07, 6.45) is 9.96. The van der Waals surface area contributed by atoms with Gasteiger partial charge in [0.2, 0.25) is 0 Å². The van der Waals surface area contributed by atoms with Gasteiger partial charge in [-0.05, 0) is 68.1 Å². The molecule has 4 saturated carbocycles. The minimum absolute atomic E-state index is 0.507. The van der Waals surface area contributed by atoms with Crippen LogP contribution in [0.4, 0.5) is 0 Å². The number of rotatable bonds is 2. The van der Waals surface area contributed by atoms with Crippen molar-refractivity contribution in [3.05, 3.63) is 0 Å². The summed E-state index contributed by atoms with van der Waals surface area (Å²) in [6.45, 7) is 2.23. The zero-order chi connectivity index (χ0) is 13.0. The smallest absolute Gasteiger partial charge is 0.0394 e. The van der Waals surface area contributed by atoms with Crippen LogP contribution in [0.5, 0.6) is 0 Å². The predicted octanol–water partition coefficient (Wildman–Crippen LogP) is 2.70. The van der Waals surface area contributed by atoms with E-state index in [4.69, 9.17) is 0 Å². The molecule has 0 radical (unpaired) electrons. The molecule has 1 aliphatic heterocycles. The van der Waals surface area contributed by atoms with Gasteiger partial charge in [-0.25, -0.2) is 0 Å². The summed E-state index contributed by atoms with van der Waals surface area (Å²) in [5.41, 5.74) is 0.526. The Bertz CT molecular complexity index is 359. The fourth-order valence-corrected chi connectivity index (χ4v) is 7.79. The van der Waals surface area contributed by atoms with Gasteiger partial charge in [-0.2, -0.15) is 0 Å². The van der Waals surface area contributed by atoms with Gasteiger partial charge in [-0.15, -0.1) is 0 Å². The highest BCUT2D eigenvalue weighted by atomic mass is 32.2. The molecule has 108 valence electrons. The fraction of sp³-hybridized carbons (Fsp3) is 1.00. The first-order chi connectivity index (χ1) is 9.17. The van der Waals surface area contributed by atoms with Crippen LogP contribution in [0, 0.1) is 23.2 Å². The molecule has 4 aliphatic carbocycles. The highest BCUT2D eigenvalue weighted by Gasteiger charge is 2.55. The van der Waals surface area contributed by atoms with Gasteiger partial charge in [0.15, 0.2) is 0 Å². The van der Waals surface area contributed by atoms with Gasteiger partial charge >= 0.3 is 0 Å². The molecule has 5 fully saturated rings. The van der Waals surface area contributed by atoms with Gasteiger partial charge in [-0.1, -0.05) is 6.92 Å². The number of hydrogen-bond donors (Lipinski definition) is 1. The second kappa shape index (κ2) is 4.56. The molecule has 4 bridgehead atoms. The maximum Gasteiger partial charge on any atom is 0.0394 e. The first kappa shape index (κ1) is 12.8. The van der Waals surface area contributed by atoms with Gasteiger partial charge in [0, 0.05) is 34.4 Å². The van der Waals surface area contributed by atoms with Crippen LogP contribution >= 0.6 is 0 Å². The number of hydrogen-bond acceptors (Lipinski definition) is 2. The molecule has 0 aromatic rings. The second-order valence-corrected chi connectivity index (χ2v) is 9.42. The number of nitrogens with one attached hydrogen (secondary N) is 1. The van der Waals surface area contributed by atoms with E-state index in [-0.39, 0.29) is 0 Å². The lowest BCUT2D eigenvalue weighted by molar-refractivity contribution is -0.0717. The molecule has 19 heavy (non-hydrogen) atoms. The van der Waals surface area contributed by atoms with Crippen molar-refractivity contribution in [2.45, 2.75) is 64.0 Å². The lowest BCUT2D eigenvalue weighted by Gasteiger charge is -2.60. The van der Waals surface area contributed by atoms with Crippen molar-refractivity contribution in [2.24, 2.45) is 23.2 Å². The summed E-state index contributed by atoms with van der Waals surface area (Å²) in [7, 11) is -0.575. The van der Waals surface area contributed by atoms with Gasteiger partial charge in [-0.3, -0.25) is 4.21 Å². The first-order valence-corrected chi connectivity index (χ1v) is 9.76. The van der Waals surface area contributed by atoms with E-state index in [0.717, 1.165) is 35.7 Å². The largest absolute Gasteiger partial charge is 0.309 e. The Morgan fingerprint density at radius 2 is 1.63 bits per heavy atom. The quantitative estimate of drug-likeness (QED) is 0.843. The van der Waals surface area contributed by atoms with Crippen LogP contribution in [0.25, 0.3) is 0 Å². The van der Waals surface area contributed by atoms with E-state index < -0.39 is 10.8 Å². The van der Waals surface area contributed by atoms with E-state index in [0.29, 0.717) is 17.5 Å². The molecular weight excluding hydrogens is 254 g/mol. The summed E-state index contributed by atoms with van der Waals surface area (Å²) in [5.74, 6) is 4.83. The fourth-order valence-electron chi connectivity index (χ4n) is 6.05. The molecule has 1 heterocycles. The van der Waals surface area contributed by atoms with Crippen molar-refractivity contribution >= 4 is 10.8 Å². The van der Waals surface area contributed by atoms with Crippen LogP contribution in [0.1, 0.15) is 51.9 Å². The Morgan fingerprint density at radius 3 is 2.16 bits per heavy atom. The van der Waals surface area contributed by atoms with E-state index in [1.54, 1.807) is 0 Å². The average Bonchev–Trinajstić information content (AvgIpc) is 2.36. The summed E-state index contributed by atoms with van der Waals surface area (Å²) >= 11 is 0. The summed E-state index contributed by atoms with van der Waals surface area (Å²) in [4.78, 5) is 0. The standard InChI is InChI=1S/C16H27NOS/c1-2-14-9-19(18)10-15(17-14)16-6-11-3-12(7-16)5-13(4-11)8-16/h11-15,17H,2-10H2,1H3. The topological polar surface area (TPSA) is 29.1 Å². The van der Waals surface area contributed by atoms with E-state index in [2.05, 4.69) is 12.2 Å². The monoisotopic (exact) mass is 281 g/mol. The zero-order valence-electron chi connectivity index (χ0n) is 12.1. The average molecular weight is 281 g/mol. The molecular formula is C16H27NOS. The molecule has 0 amide bonds. The van der Waals surface area contributed by atoms with Crippen molar-refractivity contribution in [3.8, 4) is 0 Å². The van der Waals surface area contributed by atoms with Gasteiger partial charge < -0.3 is 5.32 Å². The van der Waals surface area contributed by atoms with Crippen LogP contribution in [0.2, 0.25) is 0 Å². The SMILES string of the molecule is CCC1CS(=O)CC(C23CC4CC(CC(C4)C2)C3)N1. The van der Waals surface area contributed by atoms with Crippen molar-refractivity contribution in [2.75, 3.05) is 11.5 Å².